The third-order valence-electron chi connectivity index (χ3n) is 4.29. The molecule has 0 spiro atoms. The number of ether oxygens (including phenoxy) is 2. The zero-order valence-corrected chi connectivity index (χ0v) is 16.3. The Morgan fingerprint density at radius 2 is 2.19 bits per heavy atom. The van der Waals surface area contributed by atoms with E-state index in [9.17, 15) is 4.79 Å². The van der Waals surface area contributed by atoms with Crippen LogP contribution in [0.25, 0.3) is 0 Å². The van der Waals surface area contributed by atoms with Crippen LogP contribution < -0.4 is 4.74 Å². The highest BCUT2D eigenvalue weighted by atomic mass is 79.9. The molecule has 0 radical (unpaired) electrons. The SMILES string of the molecule is COc1ccc(CN2CCOC(Cc3cn(C/C=C/Br)cn3)C2=O)cc1. The molecule has 2 aromatic rings. The highest BCUT2D eigenvalue weighted by Gasteiger charge is 2.30. The van der Waals surface area contributed by atoms with Gasteiger partial charge < -0.3 is 18.9 Å². The molecule has 0 aliphatic carbocycles. The van der Waals surface area contributed by atoms with Gasteiger partial charge in [-0.05, 0) is 22.7 Å². The van der Waals surface area contributed by atoms with Crippen LogP contribution in [0.5, 0.6) is 5.75 Å². The highest BCUT2D eigenvalue weighted by molar-refractivity contribution is 9.11. The zero-order chi connectivity index (χ0) is 18.4. The van der Waals surface area contributed by atoms with E-state index in [1.165, 1.54) is 0 Å². The average Bonchev–Trinajstić information content (AvgIpc) is 3.11. The van der Waals surface area contributed by atoms with Crippen molar-refractivity contribution >= 4 is 21.8 Å². The predicted octanol–water partition coefficient (Wildman–Crippen LogP) is 2.77. The smallest absolute Gasteiger partial charge is 0.252 e. The fraction of sp³-hybridized carbons (Fsp3) is 0.368. The van der Waals surface area contributed by atoms with Gasteiger partial charge in [-0.2, -0.15) is 0 Å². The number of imidazole rings is 1. The first-order valence-corrected chi connectivity index (χ1v) is 9.40. The van der Waals surface area contributed by atoms with Crippen molar-refractivity contribution in [1.82, 2.24) is 14.5 Å². The van der Waals surface area contributed by atoms with Gasteiger partial charge in [0.15, 0.2) is 0 Å². The van der Waals surface area contributed by atoms with Crippen LogP contribution in [-0.4, -0.2) is 46.7 Å². The first-order chi connectivity index (χ1) is 12.7. The van der Waals surface area contributed by atoms with Crippen molar-refractivity contribution < 1.29 is 14.3 Å². The lowest BCUT2D eigenvalue weighted by Gasteiger charge is -2.32. The molecule has 1 saturated heterocycles. The maximum absolute atomic E-state index is 12.8. The molecule has 1 aliphatic rings. The maximum Gasteiger partial charge on any atom is 0.252 e. The Balaban J connectivity index is 1.60. The monoisotopic (exact) mass is 419 g/mol. The summed E-state index contributed by atoms with van der Waals surface area (Å²) in [5, 5.41) is 0. The number of aromatic nitrogens is 2. The molecule has 0 saturated carbocycles. The van der Waals surface area contributed by atoms with Gasteiger partial charge in [-0.15, -0.1) is 0 Å². The molecule has 6 nitrogen and oxygen atoms in total. The first-order valence-electron chi connectivity index (χ1n) is 8.49. The van der Waals surface area contributed by atoms with E-state index < -0.39 is 6.10 Å². The molecule has 0 bridgehead atoms. The number of methoxy groups -OCH3 is 1. The second-order valence-electron chi connectivity index (χ2n) is 6.09. The third kappa shape index (κ3) is 4.74. The molecule has 138 valence electrons. The summed E-state index contributed by atoms with van der Waals surface area (Å²) in [5.74, 6) is 0.826. The van der Waals surface area contributed by atoms with Gasteiger partial charge in [0.2, 0.25) is 0 Å². The largest absolute Gasteiger partial charge is 0.497 e. The van der Waals surface area contributed by atoms with Crippen LogP contribution in [-0.2, 0) is 29.0 Å². The maximum atomic E-state index is 12.8. The number of nitrogens with zero attached hydrogens (tertiary/aromatic N) is 3. The Morgan fingerprint density at radius 3 is 2.92 bits per heavy atom. The van der Waals surface area contributed by atoms with Crippen molar-refractivity contribution in [2.75, 3.05) is 20.3 Å². The molecule has 1 fully saturated rings. The normalized spacial score (nSPS) is 17.8. The van der Waals surface area contributed by atoms with Gasteiger partial charge >= 0.3 is 0 Å². The van der Waals surface area contributed by atoms with Crippen molar-refractivity contribution in [2.45, 2.75) is 25.6 Å². The number of benzene rings is 1. The van der Waals surface area contributed by atoms with Gasteiger partial charge in [0.1, 0.15) is 11.9 Å². The van der Waals surface area contributed by atoms with E-state index in [1.807, 2.05) is 51.0 Å². The highest BCUT2D eigenvalue weighted by Crippen LogP contribution is 2.17. The minimum Gasteiger partial charge on any atom is -0.497 e. The Morgan fingerprint density at radius 1 is 1.38 bits per heavy atom. The second kappa shape index (κ2) is 9.00. The summed E-state index contributed by atoms with van der Waals surface area (Å²) in [5.41, 5.74) is 1.93. The van der Waals surface area contributed by atoms with Gasteiger partial charge in [0, 0.05) is 32.3 Å². The van der Waals surface area contributed by atoms with Crippen LogP contribution >= 0.6 is 15.9 Å². The summed E-state index contributed by atoms with van der Waals surface area (Å²) in [7, 11) is 1.64. The molecule has 0 N–H and O–H groups in total. The second-order valence-corrected chi connectivity index (χ2v) is 6.62. The lowest BCUT2D eigenvalue weighted by atomic mass is 10.1. The Labute approximate surface area is 161 Å². The number of amides is 1. The number of morpholine rings is 1. The van der Waals surface area contributed by atoms with E-state index in [0.717, 1.165) is 23.6 Å². The fourth-order valence-electron chi connectivity index (χ4n) is 2.91. The van der Waals surface area contributed by atoms with Gasteiger partial charge in [-0.25, -0.2) is 4.98 Å². The summed E-state index contributed by atoms with van der Waals surface area (Å²) >= 11 is 3.25. The van der Waals surface area contributed by atoms with Crippen molar-refractivity contribution in [3.63, 3.8) is 0 Å². The van der Waals surface area contributed by atoms with E-state index in [1.54, 1.807) is 13.4 Å². The van der Waals surface area contributed by atoms with Crippen LogP contribution in [0.4, 0.5) is 0 Å². The van der Waals surface area contributed by atoms with Gasteiger partial charge in [0.25, 0.3) is 5.91 Å². The van der Waals surface area contributed by atoms with E-state index >= 15 is 0 Å². The van der Waals surface area contributed by atoms with E-state index in [4.69, 9.17) is 9.47 Å². The molecular weight excluding hydrogens is 398 g/mol. The summed E-state index contributed by atoms with van der Waals surface area (Å²) in [4.78, 5) is 20.8. The molecule has 7 heteroatoms. The molecule has 1 amide bonds. The summed E-state index contributed by atoms with van der Waals surface area (Å²) in [6.07, 6.45) is 5.71. The Hall–Kier alpha value is -2.12. The van der Waals surface area contributed by atoms with Crippen LogP contribution in [0.15, 0.2) is 47.9 Å². The number of hydrogen-bond acceptors (Lipinski definition) is 4. The quantitative estimate of drug-likeness (QED) is 0.692. The summed E-state index contributed by atoms with van der Waals surface area (Å²) in [6.45, 7) is 2.46. The van der Waals surface area contributed by atoms with E-state index in [2.05, 4.69) is 20.9 Å². The number of hydrogen-bond donors (Lipinski definition) is 0. The minimum absolute atomic E-state index is 0.0157. The molecule has 1 aromatic carbocycles. The lowest BCUT2D eigenvalue weighted by molar-refractivity contribution is -0.153. The topological polar surface area (TPSA) is 56.6 Å². The number of rotatable bonds is 7. The Kier molecular flexibility index (Phi) is 6.46. The van der Waals surface area contributed by atoms with Gasteiger partial charge in [-0.1, -0.05) is 34.1 Å². The molecule has 1 aromatic heterocycles. The van der Waals surface area contributed by atoms with Crippen molar-refractivity contribution in [3.05, 3.63) is 59.1 Å². The number of allylic oxidation sites excluding steroid dienone is 1. The number of carbonyl (C=O) groups excluding carboxylic acids is 1. The summed E-state index contributed by atoms with van der Waals surface area (Å²) < 4.78 is 12.8. The molecule has 3 rings (SSSR count). The van der Waals surface area contributed by atoms with Crippen LogP contribution in [0, 0.1) is 0 Å². The third-order valence-corrected chi connectivity index (χ3v) is 4.66. The molecule has 1 atom stereocenters. The summed E-state index contributed by atoms with van der Waals surface area (Å²) in [6, 6.07) is 7.78. The molecular formula is C19H22BrN3O3. The van der Waals surface area contributed by atoms with Crippen molar-refractivity contribution in [3.8, 4) is 5.75 Å². The molecule has 26 heavy (non-hydrogen) atoms. The molecule has 2 heterocycles. The zero-order valence-electron chi connectivity index (χ0n) is 14.7. The number of halogens is 1. The fourth-order valence-corrected chi connectivity index (χ4v) is 3.08. The van der Waals surface area contributed by atoms with Gasteiger partial charge in [-0.3, -0.25) is 4.79 Å². The standard InChI is InChI=1S/C19H22BrN3O3/c1-25-17-5-3-15(4-6-17)12-23-9-10-26-18(19(23)24)11-16-13-22(14-21-16)8-2-7-20/h2-7,13-14,18H,8-12H2,1H3/b7-2+. The van der Waals surface area contributed by atoms with Crippen LogP contribution in [0.2, 0.25) is 0 Å². The first kappa shape index (κ1) is 18.7. The predicted molar refractivity (Wildman–Crippen MR) is 102 cm³/mol. The van der Waals surface area contributed by atoms with E-state index in [-0.39, 0.29) is 5.91 Å². The van der Waals surface area contributed by atoms with Crippen LogP contribution in [0.1, 0.15) is 11.3 Å². The number of carbonyl (C=O) groups is 1. The minimum atomic E-state index is -0.475. The van der Waals surface area contributed by atoms with Crippen molar-refractivity contribution in [1.29, 1.82) is 0 Å². The molecule has 1 aliphatic heterocycles. The Bertz CT molecular complexity index is 758. The lowest BCUT2D eigenvalue weighted by Crippen LogP contribution is -2.48. The van der Waals surface area contributed by atoms with E-state index in [0.29, 0.717) is 26.1 Å². The van der Waals surface area contributed by atoms with Gasteiger partial charge in [0.05, 0.1) is 25.7 Å². The van der Waals surface area contributed by atoms with Crippen molar-refractivity contribution in [2.24, 2.45) is 0 Å². The average molecular weight is 420 g/mol. The van der Waals surface area contributed by atoms with Crippen LogP contribution in [0.3, 0.4) is 0 Å². The molecule has 1 unspecified atom stereocenters.